The van der Waals surface area contributed by atoms with Crippen LogP contribution in [0.3, 0.4) is 0 Å². The van der Waals surface area contributed by atoms with Gasteiger partial charge >= 0.3 is 6.03 Å². The molecule has 0 saturated carbocycles. The number of anilines is 1. The van der Waals surface area contributed by atoms with Crippen molar-refractivity contribution in [3.63, 3.8) is 0 Å². The zero-order chi connectivity index (χ0) is 21.9. The van der Waals surface area contributed by atoms with E-state index < -0.39 is 34.9 Å². The first-order valence-electron chi connectivity index (χ1n) is 9.52. The molecule has 2 N–H and O–H groups in total. The minimum atomic E-state index is -1.25. The fourth-order valence-electron chi connectivity index (χ4n) is 3.34. The van der Waals surface area contributed by atoms with Crippen molar-refractivity contribution < 1.29 is 19.3 Å². The molecule has 0 radical (unpaired) electrons. The molecule has 9 nitrogen and oxygen atoms in total. The van der Waals surface area contributed by atoms with Gasteiger partial charge in [-0.15, -0.1) is 0 Å². The minimum absolute atomic E-state index is 0.109. The number of hydrogen-bond donors (Lipinski definition) is 2. The molecule has 9 heteroatoms. The lowest BCUT2D eigenvalue weighted by molar-refractivity contribution is -0.384. The van der Waals surface area contributed by atoms with Crippen LogP contribution in [0, 0.1) is 10.1 Å². The Morgan fingerprint density at radius 1 is 1.13 bits per heavy atom. The third kappa shape index (κ3) is 4.14. The van der Waals surface area contributed by atoms with E-state index in [0.29, 0.717) is 11.3 Å². The highest BCUT2D eigenvalue weighted by atomic mass is 16.6. The first-order valence-corrected chi connectivity index (χ1v) is 9.52. The van der Waals surface area contributed by atoms with E-state index in [1.54, 1.807) is 6.92 Å². The Morgan fingerprint density at radius 3 is 2.33 bits per heavy atom. The molecule has 1 fully saturated rings. The summed E-state index contributed by atoms with van der Waals surface area (Å²) < 4.78 is 0. The van der Waals surface area contributed by atoms with Gasteiger partial charge in [-0.1, -0.05) is 37.6 Å². The van der Waals surface area contributed by atoms with Crippen LogP contribution in [0.1, 0.15) is 31.4 Å². The topological polar surface area (TPSA) is 122 Å². The Balaban J connectivity index is 1.69. The van der Waals surface area contributed by atoms with E-state index in [2.05, 4.69) is 17.6 Å². The highest BCUT2D eigenvalue weighted by molar-refractivity contribution is 6.10. The zero-order valence-electron chi connectivity index (χ0n) is 16.7. The van der Waals surface area contributed by atoms with Gasteiger partial charge in [-0.25, -0.2) is 4.79 Å². The number of hydrogen-bond acceptors (Lipinski definition) is 5. The molecule has 2 aromatic rings. The second-order valence-corrected chi connectivity index (χ2v) is 7.25. The standard InChI is InChI=1S/C21H22N4O5/c1-3-4-14-5-7-15(8-6-14)21(2)19(27)24(20(28)23-21)13-18(26)22-16-9-11-17(12-10-16)25(29)30/h5-12H,3-4,13H2,1-2H3,(H,22,26)(H,23,28)/t21-/m1/s1. The van der Waals surface area contributed by atoms with Gasteiger partial charge in [0.2, 0.25) is 5.91 Å². The van der Waals surface area contributed by atoms with Crippen molar-refractivity contribution in [3.8, 4) is 0 Å². The van der Waals surface area contributed by atoms with Crippen molar-refractivity contribution in [3.05, 3.63) is 69.8 Å². The SMILES string of the molecule is CCCc1ccc([C@@]2(C)NC(=O)N(CC(=O)Nc3ccc([N+](=O)[O-])cc3)C2=O)cc1. The second kappa shape index (κ2) is 8.32. The average Bonchev–Trinajstić information content (AvgIpc) is 2.93. The Kier molecular flexibility index (Phi) is 5.81. The smallest absolute Gasteiger partial charge is 0.325 e. The predicted molar refractivity (Wildman–Crippen MR) is 110 cm³/mol. The number of nitrogens with one attached hydrogen (secondary N) is 2. The largest absolute Gasteiger partial charge is 0.325 e. The summed E-state index contributed by atoms with van der Waals surface area (Å²) in [6.07, 6.45) is 1.93. The number of non-ortho nitro benzene ring substituents is 1. The van der Waals surface area contributed by atoms with Gasteiger partial charge in [0.1, 0.15) is 12.1 Å². The third-order valence-corrected chi connectivity index (χ3v) is 5.01. The van der Waals surface area contributed by atoms with E-state index in [1.165, 1.54) is 24.3 Å². The summed E-state index contributed by atoms with van der Waals surface area (Å²) in [5.74, 6) is -1.11. The molecule has 30 heavy (non-hydrogen) atoms. The molecule has 0 bridgehead atoms. The Hall–Kier alpha value is -3.75. The highest BCUT2D eigenvalue weighted by Crippen LogP contribution is 2.29. The molecule has 3 rings (SSSR count). The van der Waals surface area contributed by atoms with Crippen molar-refractivity contribution in [1.29, 1.82) is 0 Å². The number of benzene rings is 2. The Bertz CT molecular complexity index is 987. The summed E-state index contributed by atoms with van der Waals surface area (Å²) in [7, 11) is 0. The summed E-state index contributed by atoms with van der Waals surface area (Å²) >= 11 is 0. The van der Waals surface area contributed by atoms with Gasteiger partial charge in [0.15, 0.2) is 0 Å². The fourth-order valence-corrected chi connectivity index (χ4v) is 3.34. The van der Waals surface area contributed by atoms with Crippen molar-refractivity contribution >= 4 is 29.2 Å². The van der Waals surface area contributed by atoms with Gasteiger partial charge in [0, 0.05) is 17.8 Å². The monoisotopic (exact) mass is 410 g/mol. The molecule has 2 aromatic carbocycles. The number of imide groups is 1. The molecule has 1 aliphatic heterocycles. The second-order valence-electron chi connectivity index (χ2n) is 7.25. The molecular weight excluding hydrogens is 388 g/mol. The molecule has 0 spiro atoms. The molecular formula is C21H22N4O5. The van der Waals surface area contributed by atoms with Crippen LogP contribution >= 0.6 is 0 Å². The summed E-state index contributed by atoms with van der Waals surface area (Å²) in [6, 6.07) is 12.1. The predicted octanol–water partition coefficient (Wildman–Crippen LogP) is 2.95. The number of carbonyl (C=O) groups excluding carboxylic acids is 3. The van der Waals surface area contributed by atoms with Crippen molar-refractivity contribution in [2.24, 2.45) is 0 Å². The molecule has 0 aliphatic carbocycles. The maximum atomic E-state index is 12.9. The molecule has 1 saturated heterocycles. The van der Waals surface area contributed by atoms with Crippen LogP contribution in [-0.4, -0.2) is 34.2 Å². The molecule has 156 valence electrons. The van der Waals surface area contributed by atoms with Gasteiger partial charge in [-0.3, -0.25) is 24.6 Å². The molecule has 1 atom stereocenters. The van der Waals surface area contributed by atoms with Gasteiger partial charge in [-0.05, 0) is 36.6 Å². The quantitative estimate of drug-likeness (QED) is 0.413. The van der Waals surface area contributed by atoms with Gasteiger partial charge in [0.25, 0.3) is 11.6 Å². The van der Waals surface area contributed by atoms with Crippen LogP contribution in [0.25, 0.3) is 0 Å². The van der Waals surface area contributed by atoms with E-state index in [9.17, 15) is 24.5 Å². The normalized spacial score (nSPS) is 18.3. The van der Waals surface area contributed by atoms with E-state index >= 15 is 0 Å². The van der Waals surface area contributed by atoms with E-state index in [1.807, 2.05) is 24.3 Å². The van der Waals surface area contributed by atoms with Crippen LogP contribution in [0.2, 0.25) is 0 Å². The Morgan fingerprint density at radius 2 is 1.77 bits per heavy atom. The van der Waals surface area contributed by atoms with E-state index in [0.717, 1.165) is 23.3 Å². The molecule has 0 aromatic heterocycles. The van der Waals surface area contributed by atoms with E-state index in [4.69, 9.17) is 0 Å². The van der Waals surface area contributed by atoms with Crippen LogP contribution in [0.5, 0.6) is 0 Å². The van der Waals surface area contributed by atoms with Crippen LogP contribution < -0.4 is 10.6 Å². The zero-order valence-corrected chi connectivity index (χ0v) is 16.7. The lowest BCUT2D eigenvalue weighted by atomic mass is 9.91. The number of aryl methyl sites for hydroxylation is 1. The third-order valence-electron chi connectivity index (χ3n) is 5.01. The minimum Gasteiger partial charge on any atom is -0.325 e. The first kappa shape index (κ1) is 21.0. The lowest BCUT2D eigenvalue weighted by Gasteiger charge is -2.22. The van der Waals surface area contributed by atoms with Crippen molar-refractivity contribution in [1.82, 2.24) is 10.2 Å². The van der Waals surface area contributed by atoms with Crippen LogP contribution in [-0.2, 0) is 21.5 Å². The van der Waals surface area contributed by atoms with Crippen molar-refractivity contribution in [2.45, 2.75) is 32.2 Å². The number of carbonyl (C=O) groups is 3. The van der Waals surface area contributed by atoms with Gasteiger partial charge < -0.3 is 10.6 Å². The summed E-state index contributed by atoms with van der Waals surface area (Å²) in [4.78, 5) is 48.7. The number of nitro benzene ring substituents is 1. The number of urea groups is 1. The number of amides is 4. The fraction of sp³-hybridized carbons (Fsp3) is 0.286. The van der Waals surface area contributed by atoms with Gasteiger partial charge in [0.05, 0.1) is 4.92 Å². The number of nitrogens with zero attached hydrogens (tertiary/aromatic N) is 2. The first-order chi connectivity index (χ1) is 14.2. The maximum absolute atomic E-state index is 12.9. The van der Waals surface area contributed by atoms with E-state index in [-0.39, 0.29) is 5.69 Å². The summed E-state index contributed by atoms with van der Waals surface area (Å²) in [5.41, 5.74) is 0.741. The van der Waals surface area contributed by atoms with Crippen LogP contribution in [0.15, 0.2) is 48.5 Å². The number of rotatable bonds is 7. The lowest BCUT2D eigenvalue weighted by Crippen LogP contribution is -2.42. The number of nitro groups is 1. The van der Waals surface area contributed by atoms with Gasteiger partial charge in [-0.2, -0.15) is 0 Å². The highest BCUT2D eigenvalue weighted by Gasteiger charge is 2.49. The summed E-state index contributed by atoms with van der Waals surface area (Å²) in [6.45, 7) is 3.22. The van der Waals surface area contributed by atoms with Crippen molar-refractivity contribution in [2.75, 3.05) is 11.9 Å². The van der Waals surface area contributed by atoms with Crippen LogP contribution in [0.4, 0.5) is 16.2 Å². The maximum Gasteiger partial charge on any atom is 0.325 e. The molecule has 1 heterocycles. The Labute approximate surface area is 173 Å². The summed E-state index contributed by atoms with van der Waals surface area (Å²) in [5, 5.41) is 15.9. The molecule has 0 unspecified atom stereocenters. The molecule has 4 amide bonds. The average molecular weight is 410 g/mol. The molecule has 1 aliphatic rings.